The van der Waals surface area contributed by atoms with E-state index in [4.69, 9.17) is 43.1 Å². The second-order valence-corrected chi connectivity index (χ2v) is 10.4. The fourth-order valence-corrected chi connectivity index (χ4v) is 4.79. The van der Waals surface area contributed by atoms with Gasteiger partial charge in [0.2, 0.25) is 0 Å². The molecule has 12 nitrogen and oxygen atoms in total. The lowest BCUT2D eigenvalue weighted by Gasteiger charge is -2.18. The molecule has 3 aromatic carbocycles. The van der Waals surface area contributed by atoms with Crippen molar-refractivity contribution in [1.82, 2.24) is 10.6 Å². The third-order valence-electron chi connectivity index (χ3n) is 6.31. The minimum atomic E-state index is -1.35. The van der Waals surface area contributed by atoms with Crippen molar-refractivity contribution in [2.45, 2.75) is 18.9 Å². The number of phenolic OH excluding ortho intramolecular Hbond substituents is 2. The highest BCUT2D eigenvalue weighted by Crippen LogP contribution is 2.28. The van der Waals surface area contributed by atoms with E-state index in [1.54, 1.807) is 18.2 Å². The molecule has 0 fully saturated rings. The number of rotatable bonds is 16. The van der Waals surface area contributed by atoms with Gasteiger partial charge in [-0.05, 0) is 48.4 Å². The summed E-state index contributed by atoms with van der Waals surface area (Å²) in [6.45, 7) is 0.737. The Balaban J connectivity index is 1.65. The molecular weight excluding hydrogens is 629 g/mol. The molecule has 2 amide bonds. The van der Waals surface area contributed by atoms with Gasteiger partial charge >= 0.3 is 5.97 Å². The van der Waals surface area contributed by atoms with Gasteiger partial charge in [0.1, 0.15) is 29.9 Å². The lowest BCUT2D eigenvalue weighted by atomic mass is 10.0. The normalized spacial score (nSPS) is 11.4. The molecule has 3 aromatic rings. The number of phenols is 2. The summed E-state index contributed by atoms with van der Waals surface area (Å²) < 4.78 is 15.5. The molecule has 0 aromatic heterocycles. The van der Waals surface area contributed by atoms with Crippen LogP contribution >= 0.6 is 23.2 Å². The van der Waals surface area contributed by atoms with E-state index in [0.717, 1.165) is 12.7 Å². The molecule has 0 saturated carbocycles. The lowest BCUT2D eigenvalue weighted by Crippen LogP contribution is -2.49. The van der Waals surface area contributed by atoms with Crippen LogP contribution < -0.4 is 21.1 Å². The molecule has 0 aliphatic carbocycles. The van der Waals surface area contributed by atoms with Crippen LogP contribution in [-0.2, 0) is 20.7 Å². The summed E-state index contributed by atoms with van der Waals surface area (Å²) in [6, 6.07) is 11.7. The summed E-state index contributed by atoms with van der Waals surface area (Å²) in [4.78, 5) is 51.2. The highest BCUT2D eigenvalue weighted by molar-refractivity contribution is 6.40. The number of carbonyl (C=O) groups excluding carboxylic acids is 4. The number of hydrogen-bond donors (Lipinski definition) is 5. The van der Waals surface area contributed by atoms with Crippen LogP contribution in [0, 0.1) is 0 Å². The molecule has 0 radical (unpaired) electrons. The number of methoxy groups -OCH3 is 1. The molecule has 3 rings (SSSR count). The maximum absolute atomic E-state index is 13.1. The van der Waals surface area contributed by atoms with E-state index >= 15 is 0 Å². The maximum Gasteiger partial charge on any atom is 0.330 e. The number of Topliss-reactive ketones (excluding diaryl/α,β-unsaturated/α-hetero) is 1. The van der Waals surface area contributed by atoms with Crippen LogP contribution in [0.1, 0.15) is 43.1 Å². The van der Waals surface area contributed by atoms with E-state index < -0.39 is 30.4 Å². The standard InChI is InChI=1S/C31H33Cl2N3O9/c1-43-31(42)26(17-35-29(40)20-12-22(38)16-23(13-20)45-10-9-44-8-7-34)36-30(41)28-24(32)14-19(15-25(28)33)27(39)6-5-18-3-2-4-21(37)11-18/h2-4,11-16,26,37-38H,5-10,17,34H2,1H3,(H,35,40)(H,36,41)/t26-/m0/s1. The molecule has 6 N–H and O–H groups in total. The van der Waals surface area contributed by atoms with Crippen LogP contribution in [0.15, 0.2) is 54.6 Å². The molecule has 14 heteroatoms. The SMILES string of the molecule is COC(=O)[C@H](CNC(=O)c1cc(O)cc(OCCOCCN)c1)NC(=O)c1c(Cl)cc(C(=O)CCc2cccc(O)c2)cc1Cl. The summed E-state index contributed by atoms with van der Waals surface area (Å²) >= 11 is 12.7. The van der Waals surface area contributed by atoms with Crippen molar-refractivity contribution in [3.63, 3.8) is 0 Å². The first kappa shape index (κ1) is 35.1. The monoisotopic (exact) mass is 661 g/mol. The molecule has 0 spiro atoms. The molecule has 0 bridgehead atoms. The molecule has 0 unspecified atom stereocenters. The number of aryl methyl sites for hydroxylation is 1. The Morgan fingerprint density at radius 2 is 1.62 bits per heavy atom. The quantitative estimate of drug-likeness (QED) is 0.0866. The molecule has 0 aliphatic rings. The average molecular weight is 663 g/mol. The molecule has 0 aliphatic heterocycles. The summed E-state index contributed by atoms with van der Waals surface area (Å²) in [5, 5.41) is 24.3. The Labute approximate surface area is 269 Å². The fraction of sp³-hybridized carbons (Fsp3) is 0.290. The number of halogens is 2. The minimum absolute atomic E-state index is 0.0261. The van der Waals surface area contributed by atoms with E-state index in [-0.39, 0.29) is 69.4 Å². The van der Waals surface area contributed by atoms with Crippen LogP contribution in [0.5, 0.6) is 17.2 Å². The number of hydrogen-bond acceptors (Lipinski definition) is 10. The average Bonchev–Trinajstić information content (AvgIpc) is 3.00. The number of ketones is 1. The predicted molar refractivity (Wildman–Crippen MR) is 166 cm³/mol. The number of nitrogens with two attached hydrogens (primary N) is 1. The third-order valence-corrected chi connectivity index (χ3v) is 6.91. The Morgan fingerprint density at radius 3 is 2.29 bits per heavy atom. The molecule has 0 saturated heterocycles. The van der Waals surface area contributed by atoms with Gasteiger partial charge in [-0.2, -0.15) is 0 Å². The Kier molecular flexibility index (Phi) is 13.4. The first-order valence-electron chi connectivity index (χ1n) is 13.7. The van der Waals surface area contributed by atoms with Crippen molar-refractivity contribution in [1.29, 1.82) is 0 Å². The smallest absolute Gasteiger partial charge is 0.330 e. The van der Waals surface area contributed by atoms with E-state index in [9.17, 15) is 29.4 Å². The van der Waals surface area contributed by atoms with Crippen molar-refractivity contribution in [2.24, 2.45) is 5.73 Å². The van der Waals surface area contributed by atoms with E-state index in [0.29, 0.717) is 19.6 Å². The van der Waals surface area contributed by atoms with Gasteiger partial charge in [-0.25, -0.2) is 4.79 Å². The van der Waals surface area contributed by atoms with Gasteiger partial charge in [0.15, 0.2) is 5.78 Å². The Bertz CT molecular complexity index is 1510. The number of nitrogens with one attached hydrogen (secondary N) is 2. The van der Waals surface area contributed by atoms with Crippen LogP contribution in [0.4, 0.5) is 0 Å². The van der Waals surface area contributed by atoms with Gasteiger partial charge in [-0.1, -0.05) is 35.3 Å². The first-order valence-corrected chi connectivity index (χ1v) is 14.5. The molecule has 1 atom stereocenters. The number of benzene rings is 3. The van der Waals surface area contributed by atoms with Crippen LogP contribution in [0.25, 0.3) is 0 Å². The van der Waals surface area contributed by atoms with Gasteiger partial charge in [0.25, 0.3) is 11.8 Å². The van der Waals surface area contributed by atoms with Gasteiger partial charge in [0, 0.05) is 36.7 Å². The van der Waals surface area contributed by atoms with Crippen LogP contribution in [0.3, 0.4) is 0 Å². The van der Waals surface area contributed by atoms with E-state index in [1.807, 2.05) is 0 Å². The van der Waals surface area contributed by atoms with Gasteiger partial charge < -0.3 is 40.8 Å². The van der Waals surface area contributed by atoms with Crippen molar-refractivity contribution < 1.29 is 43.6 Å². The zero-order valence-corrected chi connectivity index (χ0v) is 25.8. The topological polar surface area (TPSA) is 187 Å². The second kappa shape index (κ2) is 17.2. The minimum Gasteiger partial charge on any atom is -0.508 e. The second-order valence-electron chi connectivity index (χ2n) is 9.63. The number of carbonyl (C=O) groups is 4. The molecule has 45 heavy (non-hydrogen) atoms. The van der Waals surface area contributed by atoms with Crippen molar-refractivity contribution in [2.75, 3.05) is 40.0 Å². The summed E-state index contributed by atoms with van der Waals surface area (Å²) in [5.74, 6) is -2.62. The summed E-state index contributed by atoms with van der Waals surface area (Å²) in [5.41, 5.74) is 6.14. The first-order chi connectivity index (χ1) is 21.5. The van der Waals surface area contributed by atoms with E-state index in [1.165, 1.54) is 36.4 Å². The Morgan fingerprint density at radius 1 is 0.889 bits per heavy atom. The zero-order valence-electron chi connectivity index (χ0n) is 24.3. The summed E-state index contributed by atoms with van der Waals surface area (Å²) in [6.07, 6.45) is 0.458. The number of esters is 1. The number of aromatic hydroxyl groups is 2. The fourth-order valence-electron chi connectivity index (χ4n) is 4.13. The van der Waals surface area contributed by atoms with Crippen molar-refractivity contribution in [3.05, 3.63) is 86.9 Å². The van der Waals surface area contributed by atoms with Crippen molar-refractivity contribution >= 4 is 46.8 Å². The largest absolute Gasteiger partial charge is 0.508 e. The van der Waals surface area contributed by atoms with Crippen molar-refractivity contribution in [3.8, 4) is 17.2 Å². The maximum atomic E-state index is 13.1. The molecule has 240 valence electrons. The van der Waals surface area contributed by atoms with Gasteiger partial charge in [-0.15, -0.1) is 0 Å². The van der Waals surface area contributed by atoms with Gasteiger partial charge in [-0.3, -0.25) is 14.4 Å². The number of ether oxygens (including phenoxy) is 3. The molecule has 0 heterocycles. The predicted octanol–water partition coefficient (Wildman–Crippen LogP) is 3.28. The highest BCUT2D eigenvalue weighted by atomic mass is 35.5. The Hall–Kier alpha value is -4.36. The zero-order chi connectivity index (χ0) is 32.9. The lowest BCUT2D eigenvalue weighted by molar-refractivity contribution is -0.142. The van der Waals surface area contributed by atoms with E-state index in [2.05, 4.69) is 10.6 Å². The number of amides is 2. The molecular formula is C31H33Cl2N3O9. The van der Waals surface area contributed by atoms with Gasteiger partial charge in [0.05, 0.1) is 35.9 Å². The highest BCUT2D eigenvalue weighted by Gasteiger charge is 2.26. The summed E-state index contributed by atoms with van der Waals surface area (Å²) in [7, 11) is 1.11. The third kappa shape index (κ3) is 10.6. The van der Waals surface area contributed by atoms with Crippen LogP contribution in [-0.4, -0.2) is 79.8 Å². The van der Waals surface area contributed by atoms with Crippen LogP contribution in [0.2, 0.25) is 10.0 Å².